The van der Waals surface area contributed by atoms with Gasteiger partial charge in [-0.05, 0) is 17.7 Å². The molecular formula is C13H15BrClN3O. The summed E-state index contributed by atoms with van der Waals surface area (Å²) in [6.45, 7) is 2.26. The van der Waals surface area contributed by atoms with Crippen molar-refractivity contribution in [3.05, 3.63) is 45.7 Å². The zero-order valence-corrected chi connectivity index (χ0v) is 12.9. The number of nitrogens with one attached hydrogen (secondary N) is 1. The standard InChI is InChI=1S/C13H15BrClN3O/c1-19-5-4-16-7-10-2-3-11(14)6-13(10)18-9-12(15)8-17-18/h2-3,6,8-9,16H,4-5,7H2,1H3. The van der Waals surface area contributed by atoms with Crippen LogP contribution in [0.15, 0.2) is 35.1 Å². The first-order valence-corrected chi connectivity index (χ1v) is 7.06. The number of nitrogens with zero attached hydrogens (tertiary/aromatic N) is 2. The molecule has 0 aliphatic heterocycles. The van der Waals surface area contributed by atoms with Crippen molar-refractivity contribution in [2.75, 3.05) is 20.3 Å². The van der Waals surface area contributed by atoms with E-state index in [9.17, 15) is 0 Å². The van der Waals surface area contributed by atoms with E-state index in [1.165, 1.54) is 0 Å². The molecule has 0 atom stereocenters. The third kappa shape index (κ3) is 4.04. The summed E-state index contributed by atoms with van der Waals surface area (Å²) in [5.41, 5.74) is 2.16. The van der Waals surface area contributed by atoms with Gasteiger partial charge < -0.3 is 10.1 Å². The first kappa shape index (κ1) is 14.5. The van der Waals surface area contributed by atoms with Gasteiger partial charge in [0.15, 0.2) is 0 Å². The molecule has 0 aliphatic rings. The van der Waals surface area contributed by atoms with E-state index in [4.69, 9.17) is 16.3 Å². The maximum Gasteiger partial charge on any atom is 0.0790 e. The van der Waals surface area contributed by atoms with Crippen molar-refractivity contribution in [1.82, 2.24) is 15.1 Å². The molecule has 4 nitrogen and oxygen atoms in total. The molecule has 1 heterocycles. The highest BCUT2D eigenvalue weighted by atomic mass is 79.9. The van der Waals surface area contributed by atoms with E-state index in [1.54, 1.807) is 24.2 Å². The molecule has 0 amide bonds. The van der Waals surface area contributed by atoms with Gasteiger partial charge in [-0.1, -0.05) is 33.6 Å². The molecule has 0 radical (unpaired) electrons. The second-order valence-electron chi connectivity index (χ2n) is 4.05. The lowest BCUT2D eigenvalue weighted by molar-refractivity contribution is 0.199. The van der Waals surface area contributed by atoms with Gasteiger partial charge in [0, 0.05) is 30.9 Å². The Hall–Kier alpha value is -0.880. The van der Waals surface area contributed by atoms with Crippen LogP contribution in [-0.2, 0) is 11.3 Å². The van der Waals surface area contributed by atoms with Crippen LogP contribution in [0.5, 0.6) is 0 Å². The Bertz CT molecular complexity index is 544. The van der Waals surface area contributed by atoms with Crippen LogP contribution in [0, 0.1) is 0 Å². The summed E-state index contributed by atoms with van der Waals surface area (Å²) >= 11 is 9.40. The Labute approximate surface area is 125 Å². The molecule has 1 aromatic heterocycles. The van der Waals surface area contributed by atoms with E-state index >= 15 is 0 Å². The van der Waals surface area contributed by atoms with Crippen LogP contribution >= 0.6 is 27.5 Å². The van der Waals surface area contributed by atoms with Crippen LogP contribution in [0.4, 0.5) is 0 Å². The normalized spacial score (nSPS) is 10.9. The van der Waals surface area contributed by atoms with Crippen LogP contribution in [0.1, 0.15) is 5.56 Å². The van der Waals surface area contributed by atoms with Crippen molar-refractivity contribution >= 4 is 27.5 Å². The van der Waals surface area contributed by atoms with Gasteiger partial charge in [0.05, 0.1) is 23.5 Å². The predicted molar refractivity (Wildman–Crippen MR) is 79.9 cm³/mol. The molecule has 19 heavy (non-hydrogen) atoms. The van der Waals surface area contributed by atoms with Crippen LogP contribution in [0.3, 0.4) is 0 Å². The Morgan fingerprint density at radius 3 is 3.00 bits per heavy atom. The molecule has 6 heteroatoms. The van der Waals surface area contributed by atoms with Crippen LogP contribution in [0.25, 0.3) is 5.69 Å². The topological polar surface area (TPSA) is 39.1 Å². The average molecular weight is 345 g/mol. The van der Waals surface area contributed by atoms with Crippen LogP contribution in [-0.4, -0.2) is 30.0 Å². The van der Waals surface area contributed by atoms with Crippen molar-refractivity contribution in [2.45, 2.75) is 6.54 Å². The fraction of sp³-hybridized carbons (Fsp3) is 0.308. The quantitative estimate of drug-likeness (QED) is 0.819. The second kappa shape index (κ2) is 7.05. The van der Waals surface area contributed by atoms with Crippen LogP contribution in [0.2, 0.25) is 5.02 Å². The van der Waals surface area contributed by atoms with Crippen molar-refractivity contribution in [3.8, 4) is 5.69 Å². The first-order chi connectivity index (χ1) is 9.20. The lowest BCUT2D eigenvalue weighted by atomic mass is 10.2. The lowest BCUT2D eigenvalue weighted by Gasteiger charge is -2.11. The van der Waals surface area contributed by atoms with Gasteiger partial charge in [0.25, 0.3) is 0 Å². The molecule has 0 saturated carbocycles. The van der Waals surface area contributed by atoms with Crippen molar-refractivity contribution in [3.63, 3.8) is 0 Å². The minimum Gasteiger partial charge on any atom is -0.383 e. The summed E-state index contributed by atoms with van der Waals surface area (Å²) < 4.78 is 7.80. The number of benzene rings is 1. The van der Waals surface area contributed by atoms with E-state index < -0.39 is 0 Å². The summed E-state index contributed by atoms with van der Waals surface area (Å²) in [5.74, 6) is 0. The molecule has 0 spiro atoms. The van der Waals surface area contributed by atoms with E-state index in [0.717, 1.165) is 28.8 Å². The summed E-state index contributed by atoms with van der Waals surface area (Å²) in [4.78, 5) is 0. The number of hydrogen-bond acceptors (Lipinski definition) is 3. The molecule has 0 aliphatic carbocycles. The maximum absolute atomic E-state index is 5.92. The molecule has 1 aromatic carbocycles. The minimum absolute atomic E-state index is 0.623. The Kier molecular flexibility index (Phi) is 5.39. The van der Waals surface area contributed by atoms with E-state index in [1.807, 2.05) is 12.1 Å². The van der Waals surface area contributed by atoms with Crippen LogP contribution < -0.4 is 5.32 Å². The highest BCUT2D eigenvalue weighted by Crippen LogP contribution is 2.21. The van der Waals surface area contributed by atoms with Gasteiger partial charge in [0.2, 0.25) is 0 Å². The average Bonchev–Trinajstić information content (AvgIpc) is 2.82. The largest absolute Gasteiger partial charge is 0.383 e. The summed E-state index contributed by atoms with van der Waals surface area (Å²) in [5, 5.41) is 8.19. The highest BCUT2D eigenvalue weighted by molar-refractivity contribution is 9.10. The lowest BCUT2D eigenvalue weighted by Crippen LogP contribution is -2.19. The number of hydrogen-bond donors (Lipinski definition) is 1. The summed E-state index contributed by atoms with van der Waals surface area (Å²) in [7, 11) is 1.69. The summed E-state index contributed by atoms with van der Waals surface area (Å²) in [6.07, 6.45) is 3.42. The maximum atomic E-state index is 5.92. The Morgan fingerprint density at radius 1 is 1.47 bits per heavy atom. The first-order valence-electron chi connectivity index (χ1n) is 5.89. The zero-order valence-electron chi connectivity index (χ0n) is 10.6. The van der Waals surface area contributed by atoms with E-state index in [-0.39, 0.29) is 0 Å². The predicted octanol–water partition coefficient (Wildman–Crippen LogP) is 3.02. The minimum atomic E-state index is 0.623. The summed E-state index contributed by atoms with van der Waals surface area (Å²) in [6, 6.07) is 6.10. The van der Waals surface area contributed by atoms with E-state index in [0.29, 0.717) is 11.6 Å². The number of methoxy groups -OCH3 is 1. The fourth-order valence-electron chi connectivity index (χ4n) is 1.73. The van der Waals surface area contributed by atoms with Crippen molar-refractivity contribution in [2.24, 2.45) is 0 Å². The van der Waals surface area contributed by atoms with Gasteiger partial charge in [0.1, 0.15) is 0 Å². The molecule has 1 N–H and O–H groups in total. The second-order valence-corrected chi connectivity index (χ2v) is 5.40. The molecule has 0 unspecified atom stereocenters. The molecule has 0 saturated heterocycles. The molecule has 2 aromatic rings. The van der Waals surface area contributed by atoms with Gasteiger partial charge in [-0.3, -0.25) is 0 Å². The molecule has 0 fully saturated rings. The van der Waals surface area contributed by atoms with Gasteiger partial charge in [-0.15, -0.1) is 0 Å². The van der Waals surface area contributed by atoms with Gasteiger partial charge in [-0.2, -0.15) is 5.10 Å². The van der Waals surface area contributed by atoms with E-state index in [2.05, 4.69) is 32.4 Å². The molecular weight excluding hydrogens is 330 g/mol. The van der Waals surface area contributed by atoms with Gasteiger partial charge in [-0.25, -0.2) is 4.68 Å². The zero-order chi connectivity index (χ0) is 13.7. The van der Waals surface area contributed by atoms with Crippen molar-refractivity contribution < 1.29 is 4.74 Å². The Morgan fingerprint density at radius 2 is 2.32 bits per heavy atom. The molecule has 0 bridgehead atoms. The molecule has 102 valence electrons. The Balaban J connectivity index is 2.18. The monoisotopic (exact) mass is 343 g/mol. The van der Waals surface area contributed by atoms with Gasteiger partial charge >= 0.3 is 0 Å². The molecule has 2 rings (SSSR count). The number of halogens is 2. The highest BCUT2D eigenvalue weighted by Gasteiger charge is 2.07. The number of aromatic nitrogens is 2. The third-order valence-corrected chi connectivity index (χ3v) is 3.33. The number of ether oxygens (including phenoxy) is 1. The smallest absolute Gasteiger partial charge is 0.0790 e. The number of rotatable bonds is 6. The fourth-order valence-corrected chi connectivity index (χ4v) is 2.21. The SMILES string of the molecule is COCCNCc1ccc(Br)cc1-n1cc(Cl)cn1. The third-order valence-electron chi connectivity index (χ3n) is 2.64. The van der Waals surface area contributed by atoms with Crippen molar-refractivity contribution in [1.29, 1.82) is 0 Å².